The summed E-state index contributed by atoms with van der Waals surface area (Å²) in [4.78, 5) is 41.2. The molecule has 190 valence electrons. The lowest BCUT2D eigenvalue weighted by Gasteiger charge is -2.31. The molecule has 2 bridgehead atoms. The van der Waals surface area contributed by atoms with E-state index in [9.17, 15) is 19.6 Å². The van der Waals surface area contributed by atoms with Gasteiger partial charge in [0.1, 0.15) is 5.75 Å². The van der Waals surface area contributed by atoms with Gasteiger partial charge in [0.15, 0.2) is 5.78 Å². The summed E-state index contributed by atoms with van der Waals surface area (Å²) in [7, 11) is 0. The van der Waals surface area contributed by atoms with Crippen molar-refractivity contribution in [3.8, 4) is 11.8 Å². The van der Waals surface area contributed by atoms with Crippen LogP contribution >= 0.6 is 0 Å². The first-order valence-electron chi connectivity index (χ1n) is 13.1. The normalized spacial score (nSPS) is 29.2. The second kappa shape index (κ2) is 7.99. The first-order valence-corrected chi connectivity index (χ1v) is 13.1. The predicted octanol–water partition coefficient (Wildman–Crippen LogP) is 4.74. The number of benzene rings is 3. The summed E-state index contributed by atoms with van der Waals surface area (Å²) in [5.74, 6) is -0.735. The van der Waals surface area contributed by atoms with Crippen LogP contribution in [0.4, 0.5) is 5.69 Å². The molecule has 38 heavy (non-hydrogen) atoms. The molecule has 3 aliphatic heterocycles. The fourth-order valence-corrected chi connectivity index (χ4v) is 7.29. The zero-order valence-electron chi connectivity index (χ0n) is 21.0. The molecule has 0 saturated carbocycles. The molecule has 4 unspecified atom stereocenters. The van der Waals surface area contributed by atoms with E-state index in [4.69, 9.17) is 9.47 Å². The summed E-state index contributed by atoms with van der Waals surface area (Å²) >= 11 is 0. The van der Waals surface area contributed by atoms with Gasteiger partial charge in [-0.15, -0.1) is 0 Å². The number of nitriles is 1. The maximum atomic E-state index is 14.0. The molecule has 2 amide bonds. The topological polar surface area (TPSA) is 96.7 Å². The van der Waals surface area contributed by atoms with E-state index in [1.165, 1.54) is 4.90 Å². The number of imide groups is 1. The molecule has 1 aliphatic carbocycles. The van der Waals surface area contributed by atoms with Crippen LogP contribution in [0.3, 0.4) is 0 Å². The Hall–Kier alpha value is -4.02. The summed E-state index contributed by atoms with van der Waals surface area (Å²) < 4.78 is 12.6. The molecular weight excluding hydrogens is 480 g/mol. The molecule has 3 aromatic rings. The Kier molecular flexibility index (Phi) is 4.86. The lowest BCUT2D eigenvalue weighted by Crippen LogP contribution is -2.43. The predicted molar refractivity (Wildman–Crippen MR) is 139 cm³/mol. The molecule has 0 aromatic heterocycles. The van der Waals surface area contributed by atoms with Crippen LogP contribution in [0, 0.1) is 23.2 Å². The Labute approximate surface area is 219 Å². The van der Waals surface area contributed by atoms with E-state index in [2.05, 4.69) is 6.07 Å². The zero-order valence-corrected chi connectivity index (χ0v) is 21.0. The van der Waals surface area contributed by atoms with Crippen LogP contribution in [0.2, 0.25) is 0 Å². The smallest absolute Gasteiger partial charge is 0.240 e. The summed E-state index contributed by atoms with van der Waals surface area (Å²) in [6, 6.07) is 18.5. The van der Waals surface area contributed by atoms with Gasteiger partial charge in [-0.1, -0.05) is 24.3 Å². The fourth-order valence-electron chi connectivity index (χ4n) is 7.29. The molecule has 0 N–H and O–H groups in total. The van der Waals surface area contributed by atoms with Gasteiger partial charge in [-0.2, -0.15) is 5.26 Å². The lowest BCUT2D eigenvalue weighted by atomic mass is 9.67. The van der Waals surface area contributed by atoms with Crippen molar-refractivity contribution in [2.75, 3.05) is 11.5 Å². The highest BCUT2D eigenvalue weighted by Gasteiger charge is 2.73. The fraction of sp³-hybridized carbons (Fsp3) is 0.355. The van der Waals surface area contributed by atoms with Gasteiger partial charge < -0.3 is 9.47 Å². The molecule has 3 aromatic carbocycles. The van der Waals surface area contributed by atoms with Crippen molar-refractivity contribution in [1.29, 1.82) is 5.26 Å². The number of carbonyl (C=O) groups excluding carboxylic acids is 3. The number of carbonyl (C=O) groups is 3. The van der Waals surface area contributed by atoms with Gasteiger partial charge in [0.2, 0.25) is 11.8 Å². The van der Waals surface area contributed by atoms with Crippen LogP contribution in [0.15, 0.2) is 54.6 Å². The van der Waals surface area contributed by atoms with Crippen molar-refractivity contribution in [1.82, 2.24) is 0 Å². The van der Waals surface area contributed by atoms with Gasteiger partial charge in [0.25, 0.3) is 0 Å². The van der Waals surface area contributed by atoms with Gasteiger partial charge in [-0.25, -0.2) is 4.90 Å². The largest absolute Gasteiger partial charge is 0.493 e. The minimum atomic E-state index is -0.768. The van der Waals surface area contributed by atoms with Gasteiger partial charge in [0.05, 0.1) is 47.0 Å². The quantitative estimate of drug-likeness (QED) is 0.464. The molecule has 3 fully saturated rings. The third kappa shape index (κ3) is 3.07. The van der Waals surface area contributed by atoms with Crippen molar-refractivity contribution in [3.63, 3.8) is 0 Å². The number of anilines is 1. The molecule has 3 saturated heterocycles. The number of nitrogens with zero attached hydrogens (tertiary/aromatic N) is 2. The molecule has 4 aliphatic rings. The first kappa shape index (κ1) is 23.1. The Balaban J connectivity index is 1.18. The highest BCUT2D eigenvalue weighted by Crippen LogP contribution is 2.62. The Bertz CT molecular complexity index is 1610. The number of Topliss-reactive ketones (excluding diaryl/α,β-unsaturated/α-hetero) is 1. The van der Waals surface area contributed by atoms with Crippen molar-refractivity contribution < 1.29 is 23.9 Å². The number of ether oxygens (including phenoxy) is 2. The Morgan fingerprint density at radius 3 is 2.61 bits per heavy atom. The summed E-state index contributed by atoms with van der Waals surface area (Å²) in [6.07, 6.45) is 3.15. The third-order valence-electron chi connectivity index (χ3n) is 9.07. The maximum Gasteiger partial charge on any atom is 0.240 e. The number of hydrogen-bond donors (Lipinski definition) is 0. The van der Waals surface area contributed by atoms with E-state index in [-0.39, 0.29) is 17.6 Å². The van der Waals surface area contributed by atoms with Gasteiger partial charge >= 0.3 is 0 Å². The Morgan fingerprint density at radius 1 is 1.00 bits per heavy atom. The van der Waals surface area contributed by atoms with Crippen LogP contribution in [-0.2, 0) is 20.7 Å². The van der Waals surface area contributed by atoms with Crippen LogP contribution < -0.4 is 9.64 Å². The number of fused-ring (bicyclic) bond motifs is 7. The molecule has 7 heteroatoms. The lowest BCUT2D eigenvalue weighted by molar-refractivity contribution is -0.131. The molecule has 4 atom stereocenters. The molecule has 3 heterocycles. The van der Waals surface area contributed by atoms with Crippen LogP contribution in [0.25, 0.3) is 10.8 Å². The van der Waals surface area contributed by atoms with Crippen LogP contribution in [-0.4, -0.2) is 35.4 Å². The number of aryl methyl sites for hydroxylation is 1. The molecule has 7 rings (SSSR count). The SMILES string of the molecule is CC12CCC(CCOc3ccc4c(c3)CCC4=O)(O1)C1C(=O)N(c3ccc(C#N)c4ccccc34)C(=O)C12. The highest BCUT2D eigenvalue weighted by molar-refractivity contribution is 6.26. The molecule has 0 spiro atoms. The third-order valence-corrected chi connectivity index (χ3v) is 9.07. The average Bonchev–Trinajstić information content (AvgIpc) is 3.62. The second-order valence-electron chi connectivity index (χ2n) is 11.1. The zero-order chi connectivity index (χ0) is 26.2. The number of hydrogen-bond acceptors (Lipinski definition) is 6. The average molecular weight is 507 g/mol. The molecule has 0 radical (unpaired) electrons. The van der Waals surface area contributed by atoms with E-state index in [0.29, 0.717) is 54.7 Å². The number of ketones is 1. The van der Waals surface area contributed by atoms with Gasteiger partial charge in [-0.05, 0) is 62.1 Å². The second-order valence-corrected chi connectivity index (χ2v) is 11.1. The number of rotatable bonds is 5. The van der Waals surface area contributed by atoms with Gasteiger partial charge in [-0.3, -0.25) is 14.4 Å². The maximum absolute atomic E-state index is 14.0. The van der Waals surface area contributed by atoms with E-state index < -0.39 is 23.0 Å². The van der Waals surface area contributed by atoms with Crippen molar-refractivity contribution in [2.45, 2.75) is 50.2 Å². The van der Waals surface area contributed by atoms with Crippen molar-refractivity contribution in [2.24, 2.45) is 11.8 Å². The van der Waals surface area contributed by atoms with Gasteiger partial charge in [0, 0.05) is 29.2 Å². The molecule has 7 nitrogen and oxygen atoms in total. The Morgan fingerprint density at radius 2 is 1.79 bits per heavy atom. The van der Waals surface area contributed by atoms with Crippen molar-refractivity contribution >= 4 is 34.1 Å². The summed E-state index contributed by atoms with van der Waals surface area (Å²) in [5.41, 5.74) is 1.33. The van der Waals surface area contributed by atoms with E-state index >= 15 is 0 Å². The minimum absolute atomic E-state index is 0.171. The van der Waals surface area contributed by atoms with E-state index in [0.717, 1.165) is 22.9 Å². The van der Waals surface area contributed by atoms with Crippen LogP contribution in [0.5, 0.6) is 5.75 Å². The monoisotopic (exact) mass is 506 g/mol. The van der Waals surface area contributed by atoms with Crippen molar-refractivity contribution in [3.05, 3.63) is 71.3 Å². The molecular formula is C31H26N2O5. The first-order chi connectivity index (χ1) is 18.3. The summed E-state index contributed by atoms with van der Waals surface area (Å²) in [6.45, 7) is 2.29. The standard InChI is InChI=1S/C31H26N2O5/c1-30-12-13-31(38-30,14-15-37-20-8-9-22-18(16-20)7-11-25(22)34)27-26(30)28(35)33(29(27)36)24-10-6-19(17-32)21-4-2-3-5-23(21)24/h2-6,8-10,16,26-27H,7,11-15H2,1H3. The highest BCUT2D eigenvalue weighted by atomic mass is 16.5. The van der Waals surface area contributed by atoms with E-state index in [1.807, 2.05) is 49.4 Å². The minimum Gasteiger partial charge on any atom is -0.493 e. The van der Waals surface area contributed by atoms with E-state index in [1.54, 1.807) is 12.1 Å². The van der Waals surface area contributed by atoms with Crippen LogP contribution in [0.1, 0.15) is 54.1 Å². The number of amides is 2. The summed E-state index contributed by atoms with van der Waals surface area (Å²) in [5, 5.41) is 11.0.